The van der Waals surface area contributed by atoms with Gasteiger partial charge in [0.25, 0.3) is 0 Å². The first-order chi connectivity index (χ1) is 19.4. The maximum Gasteiger partial charge on any atom is 0.326 e. The fourth-order valence-corrected chi connectivity index (χ4v) is 7.03. The molecule has 1 heterocycles. The molecule has 1 fully saturated rings. The number of carboxylic acid groups (broad SMARTS) is 1. The molecule has 5 rings (SSSR count). The summed E-state index contributed by atoms with van der Waals surface area (Å²) < 4.78 is 21.9. The van der Waals surface area contributed by atoms with Gasteiger partial charge in [-0.15, -0.1) is 0 Å². The number of benzene rings is 2. The second-order valence-corrected chi connectivity index (χ2v) is 11.5. The molecule has 6 nitrogen and oxygen atoms in total. The quantitative estimate of drug-likeness (QED) is 0.305. The van der Waals surface area contributed by atoms with Gasteiger partial charge in [0.1, 0.15) is 17.6 Å². The summed E-state index contributed by atoms with van der Waals surface area (Å²) in [6.07, 6.45) is 9.51. The van der Waals surface area contributed by atoms with Crippen LogP contribution in [0.5, 0.6) is 5.75 Å². The van der Waals surface area contributed by atoms with Gasteiger partial charge in [0.05, 0.1) is 7.11 Å². The van der Waals surface area contributed by atoms with E-state index in [0.29, 0.717) is 38.0 Å². The van der Waals surface area contributed by atoms with Crippen LogP contribution in [0.25, 0.3) is 10.9 Å². The Morgan fingerprint density at radius 3 is 2.62 bits per heavy atom. The van der Waals surface area contributed by atoms with Crippen molar-refractivity contribution >= 4 is 22.8 Å². The third-order valence-corrected chi connectivity index (χ3v) is 9.06. The van der Waals surface area contributed by atoms with Crippen LogP contribution in [0.15, 0.2) is 42.5 Å². The average Bonchev–Trinajstić information content (AvgIpc) is 3.28. The molecule has 0 spiro atoms. The number of hydrogen-bond acceptors (Lipinski definition) is 3. The standard InChI is InChI=1S/C33H41FN2O4/c1-3-28(33(38)39)36-29-16-14-24(34)19-26(29)27-20-25(15-17-30(27)36)35(21-22-9-5-4-6-10-22)32(37)18-13-23-11-7-8-12-31(23)40-2/h7-8,11-12,14,16,19,22,25,28H,3-6,9-10,13,15,17-18,20-21H2,1-2H3,(H,38,39)/t25-,28?/m0/s1. The molecule has 2 aromatic carbocycles. The number of carbonyl (C=O) groups is 2. The minimum atomic E-state index is -0.876. The summed E-state index contributed by atoms with van der Waals surface area (Å²) in [7, 11) is 1.66. The van der Waals surface area contributed by atoms with Gasteiger partial charge in [-0.3, -0.25) is 4.79 Å². The van der Waals surface area contributed by atoms with Crippen molar-refractivity contribution in [1.29, 1.82) is 0 Å². The van der Waals surface area contributed by atoms with E-state index in [9.17, 15) is 19.1 Å². The van der Waals surface area contributed by atoms with Crippen LogP contribution in [0.3, 0.4) is 0 Å². The predicted molar refractivity (Wildman–Crippen MR) is 154 cm³/mol. The number of hydrogen-bond donors (Lipinski definition) is 1. The third kappa shape index (κ3) is 5.74. The predicted octanol–water partition coefficient (Wildman–Crippen LogP) is 6.72. The van der Waals surface area contributed by atoms with Crippen molar-refractivity contribution in [3.8, 4) is 5.75 Å². The fourth-order valence-electron chi connectivity index (χ4n) is 7.03. The van der Waals surface area contributed by atoms with Gasteiger partial charge in [0, 0.05) is 35.6 Å². The number of methoxy groups -OCH3 is 1. The lowest BCUT2D eigenvalue weighted by Crippen LogP contribution is -2.46. The van der Waals surface area contributed by atoms with Crippen LogP contribution in [0.2, 0.25) is 0 Å². The molecule has 0 saturated heterocycles. The molecule has 1 aromatic heterocycles. The summed E-state index contributed by atoms with van der Waals surface area (Å²) in [5.41, 5.74) is 3.77. The Hall–Kier alpha value is -3.35. The second-order valence-electron chi connectivity index (χ2n) is 11.5. The highest BCUT2D eigenvalue weighted by Crippen LogP contribution is 2.38. The topological polar surface area (TPSA) is 71.8 Å². The molecule has 2 aliphatic carbocycles. The van der Waals surface area contributed by atoms with Crippen molar-refractivity contribution in [2.75, 3.05) is 13.7 Å². The Morgan fingerprint density at radius 2 is 1.90 bits per heavy atom. The Labute approximate surface area is 236 Å². The lowest BCUT2D eigenvalue weighted by Gasteiger charge is -2.38. The maximum atomic E-state index is 14.5. The van der Waals surface area contributed by atoms with Gasteiger partial charge < -0.3 is 19.3 Å². The molecule has 1 amide bonds. The average molecular weight is 549 g/mol. The smallest absolute Gasteiger partial charge is 0.326 e. The van der Waals surface area contributed by atoms with Crippen molar-refractivity contribution in [2.45, 2.75) is 89.6 Å². The van der Waals surface area contributed by atoms with Crippen LogP contribution in [0, 0.1) is 11.7 Å². The van der Waals surface area contributed by atoms with E-state index in [1.165, 1.54) is 31.4 Å². The number of aliphatic carboxylic acids is 1. The van der Waals surface area contributed by atoms with Crippen LogP contribution in [0.1, 0.15) is 81.2 Å². The molecular formula is C33H41FN2O4. The molecule has 0 bridgehead atoms. The number of carboxylic acids is 1. The summed E-state index contributed by atoms with van der Waals surface area (Å²) in [6, 6.07) is 11.8. The highest BCUT2D eigenvalue weighted by Gasteiger charge is 2.35. The van der Waals surface area contributed by atoms with E-state index in [1.807, 2.05) is 35.8 Å². The van der Waals surface area contributed by atoms with Crippen LogP contribution in [-0.2, 0) is 28.9 Å². The van der Waals surface area contributed by atoms with Gasteiger partial charge in [-0.05, 0) is 86.3 Å². The number of halogens is 1. The molecule has 2 atom stereocenters. The summed E-state index contributed by atoms with van der Waals surface area (Å²) >= 11 is 0. The molecule has 40 heavy (non-hydrogen) atoms. The highest BCUT2D eigenvalue weighted by molar-refractivity contribution is 5.88. The molecule has 1 N–H and O–H groups in total. The lowest BCUT2D eigenvalue weighted by molar-refractivity contribution is -0.141. The number of carbonyl (C=O) groups excluding carboxylic acids is 1. The number of ether oxygens (including phenoxy) is 1. The lowest BCUT2D eigenvalue weighted by atomic mass is 9.86. The minimum Gasteiger partial charge on any atom is -0.496 e. The van der Waals surface area contributed by atoms with Crippen LogP contribution in [0.4, 0.5) is 4.39 Å². The fraction of sp³-hybridized carbons (Fsp3) is 0.515. The molecule has 2 aliphatic rings. The van der Waals surface area contributed by atoms with Crippen molar-refractivity contribution in [2.24, 2.45) is 5.92 Å². The Kier molecular flexibility index (Phi) is 8.77. The third-order valence-electron chi connectivity index (χ3n) is 9.06. The van der Waals surface area contributed by atoms with Crippen LogP contribution >= 0.6 is 0 Å². The number of para-hydroxylation sites is 1. The van der Waals surface area contributed by atoms with Gasteiger partial charge in [-0.25, -0.2) is 9.18 Å². The molecule has 1 saturated carbocycles. The number of fused-ring (bicyclic) bond motifs is 3. The minimum absolute atomic E-state index is 0.00631. The summed E-state index contributed by atoms with van der Waals surface area (Å²) in [6.45, 7) is 2.63. The highest BCUT2D eigenvalue weighted by atomic mass is 19.1. The first-order valence-corrected chi connectivity index (χ1v) is 14.9. The Morgan fingerprint density at radius 1 is 1.12 bits per heavy atom. The Balaban J connectivity index is 1.45. The molecule has 3 aromatic rings. The number of rotatable bonds is 10. The van der Waals surface area contributed by atoms with E-state index in [2.05, 4.69) is 4.90 Å². The van der Waals surface area contributed by atoms with Crippen molar-refractivity contribution in [3.63, 3.8) is 0 Å². The zero-order valence-electron chi connectivity index (χ0n) is 23.7. The van der Waals surface area contributed by atoms with Crippen molar-refractivity contribution in [3.05, 3.63) is 65.1 Å². The monoisotopic (exact) mass is 548 g/mol. The van der Waals surface area contributed by atoms with Gasteiger partial charge >= 0.3 is 5.97 Å². The Bertz CT molecular complexity index is 1360. The maximum absolute atomic E-state index is 14.5. The van der Waals surface area contributed by atoms with E-state index < -0.39 is 12.0 Å². The largest absolute Gasteiger partial charge is 0.496 e. The molecule has 1 unspecified atom stereocenters. The molecular weight excluding hydrogens is 507 g/mol. The molecule has 214 valence electrons. The number of aryl methyl sites for hydroxylation is 1. The van der Waals surface area contributed by atoms with Crippen molar-refractivity contribution < 1.29 is 23.8 Å². The zero-order valence-corrected chi connectivity index (χ0v) is 23.7. The van der Waals surface area contributed by atoms with Crippen molar-refractivity contribution in [1.82, 2.24) is 9.47 Å². The first kappa shape index (κ1) is 28.2. The van der Waals surface area contributed by atoms with Gasteiger partial charge in [-0.1, -0.05) is 44.4 Å². The van der Waals surface area contributed by atoms with E-state index in [0.717, 1.165) is 59.3 Å². The van der Waals surface area contributed by atoms with Crippen LogP contribution < -0.4 is 4.74 Å². The number of amides is 1. The molecule has 7 heteroatoms. The van der Waals surface area contributed by atoms with Gasteiger partial charge in [0.2, 0.25) is 5.91 Å². The summed E-state index contributed by atoms with van der Waals surface area (Å²) in [4.78, 5) is 28.2. The van der Waals surface area contributed by atoms with Gasteiger partial charge in [-0.2, -0.15) is 0 Å². The van der Waals surface area contributed by atoms with E-state index in [-0.39, 0.29) is 17.8 Å². The van der Waals surface area contributed by atoms with Gasteiger partial charge in [0.15, 0.2) is 0 Å². The number of aromatic nitrogens is 1. The molecule has 0 aliphatic heterocycles. The van der Waals surface area contributed by atoms with E-state index in [4.69, 9.17) is 4.74 Å². The second kappa shape index (κ2) is 12.4. The molecule has 0 radical (unpaired) electrons. The number of nitrogens with zero attached hydrogens (tertiary/aromatic N) is 2. The zero-order chi connectivity index (χ0) is 28.2. The SMILES string of the molecule is CCC(C(=O)O)n1c2c(c3cc(F)ccc31)C[C@@H](N(CC1CCCCC1)C(=O)CCc1ccccc1OC)CC2. The summed E-state index contributed by atoms with van der Waals surface area (Å²) in [5.74, 6) is 0.247. The first-order valence-electron chi connectivity index (χ1n) is 14.9. The summed E-state index contributed by atoms with van der Waals surface area (Å²) in [5, 5.41) is 10.8. The normalized spacial score (nSPS) is 18.3. The van der Waals surface area contributed by atoms with E-state index >= 15 is 0 Å². The van der Waals surface area contributed by atoms with Crippen LogP contribution in [-0.4, -0.2) is 46.1 Å². The van der Waals surface area contributed by atoms with E-state index in [1.54, 1.807) is 13.2 Å².